The Morgan fingerprint density at radius 1 is 1.60 bits per heavy atom. The second-order valence-electron chi connectivity index (χ2n) is 3.21. The number of rotatable bonds is 3. The Morgan fingerprint density at radius 3 is 2.80 bits per heavy atom. The van der Waals surface area contributed by atoms with Crippen molar-refractivity contribution in [3.05, 3.63) is 29.3 Å². The standard InChI is InChI=1S/C11H11NO2S/c1-7-3-4-9(6-12)10(5-7)15-8(2)11(13)14/h3-5,8H,1-2H3,(H,13,14). The van der Waals surface area contributed by atoms with Gasteiger partial charge in [0.2, 0.25) is 0 Å². The SMILES string of the molecule is Cc1ccc(C#N)c(SC(C)C(=O)O)c1. The minimum Gasteiger partial charge on any atom is -0.480 e. The van der Waals surface area contributed by atoms with Gasteiger partial charge in [0, 0.05) is 4.90 Å². The van der Waals surface area contributed by atoms with Gasteiger partial charge in [0.05, 0.1) is 5.56 Å². The third-order valence-electron chi connectivity index (χ3n) is 1.91. The summed E-state index contributed by atoms with van der Waals surface area (Å²) in [4.78, 5) is 11.4. The van der Waals surface area contributed by atoms with E-state index in [1.54, 1.807) is 13.0 Å². The number of nitriles is 1. The maximum Gasteiger partial charge on any atom is 0.316 e. The molecule has 0 saturated carbocycles. The molecular weight excluding hydrogens is 210 g/mol. The molecule has 3 nitrogen and oxygen atoms in total. The van der Waals surface area contributed by atoms with Gasteiger partial charge in [0.1, 0.15) is 11.3 Å². The number of aryl methyl sites for hydroxylation is 1. The number of carbonyl (C=O) groups is 1. The number of carboxylic acids is 1. The smallest absolute Gasteiger partial charge is 0.316 e. The van der Waals surface area contributed by atoms with Crippen LogP contribution in [0.15, 0.2) is 23.1 Å². The van der Waals surface area contributed by atoms with Gasteiger partial charge in [-0.05, 0) is 31.5 Å². The average molecular weight is 221 g/mol. The molecule has 0 aliphatic rings. The van der Waals surface area contributed by atoms with E-state index in [2.05, 4.69) is 6.07 Å². The molecule has 0 aliphatic heterocycles. The highest BCUT2D eigenvalue weighted by molar-refractivity contribution is 8.00. The number of thioether (sulfide) groups is 1. The Balaban J connectivity index is 2.98. The van der Waals surface area contributed by atoms with E-state index in [0.717, 1.165) is 10.5 Å². The van der Waals surface area contributed by atoms with Crippen molar-refractivity contribution >= 4 is 17.7 Å². The van der Waals surface area contributed by atoms with Crippen LogP contribution in [0.4, 0.5) is 0 Å². The van der Waals surface area contributed by atoms with Crippen molar-refractivity contribution in [1.82, 2.24) is 0 Å². The van der Waals surface area contributed by atoms with Gasteiger partial charge in [-0.1, -0.05) is 6.07 Å². The van der Waals surface area contributed by atoms with Crippen molar-refractivity contribution in [2.45, 2.75) is 24.0 Å². The van der Waals surface area contributed by atoms with E-state index < -0.39 is 11.2 Å². The molecule has 0 fully saturated rings. The van der Waals surface area contributed by atoms with Crippen molar-refractivity contribution < 1.29 is 9.90 Å². The van der Waals surface area contributed by atoms with Gasteiger partial charge in [0.25, 0.3) is 0 Å². The molecular formula is C11H11NO2S. The third kappa shape index (κ3) is 3.00. The molecule has 1 N–H and O–H groups in total. The molecule has 0 aromatic heterocycles. The Labute approximate surface area is 92.7 Å². The Bertz CT molecular complexity index is 423. The van der Waals surface area contributed by atoms with E-state index in [9.17, 15) is 4.79 Å². The highest BCUT2D eigenvalue weighted by atomic mass is 32.2. The third-order valence-corrected chi connectivity index (χ3v) is 3.06. The van der Waals surface area contributed by atoms with Gasteiger partial charge < -0.3 is 5.11 Å². The molecule has 0 aliphatic carbocycles. The quantitative estimate of drug-likeness (QED) is 0.796. The number of benzene rings is 1. The Hall–Kier alpha value is -1.47. The summed E-state index contributed by atoms with van der Waals surface area (Å²) in [6.45, 7) is 3.52. The van der Waals surface area contributed by atoms with Crippen LogP contribution in [-0.4, -0.2) is 16.3 Å². The lowest BCUT2D eigenvalue weighted by molar-refractivity contribution is -0.136. The second kappa shape index (κ2) is 4.85. The highest BCUT2D eigenvalue weighted by Gasteiger charge is 2.14. The molecule has 1 atom stereocenters. The van der Waals surface area contributed by atoms with Gasteiger partial charge in [-0.25, -0.2) is 0 Å². The van der Waals surface area contributed by atoms with Crippen LogP contribution in [0.3, 0.4) is 0 Å². The zero-order chi connectivity index (χ0) is 11.4. The van der Waals surface area contributed by atoms with Gasteiger partial charge in [0.15, 0.2) is 0 Å². The van der Waals surface area contributed by atoms with Crippen molar-refractivity contribution in [3.63, 3.8) is 0 Å². The molecule has 0 spiro atoms. The summed E-state index contributed by atoms with van der Waals surface area (Å²) < 4.78 is 0. The molecule has 0 heterocycles. The lowest BCUT2D eigenvalue weighted by Gasteiger charge is -2.08. The first-order valence-electron chi connectivity index (χ1n) is 4.45. The van der Waals surface area contributed by atoms with Crippen LogP contribution >= 0.6 is 11.8 Å². The summed E-state index contributed by atoms with van der Waals surface area (Å²) in [7, 11) is 0. The second-order valence-corrected chi connectivity index (χ2v) is 4.59. The zero-order valence-electron chi connectivity index (χ0n) is 8.52. The first-order valence-corrected chi connectivity index (χ1v) is 5.32. The van der Waals surface area contributed by atoms with Crippen LogP contribution < -0.4 is 0 Å². The number of aliphatic carboxylic acids is 1. The normalized spacial score (nSPS) is 11.8. The summed E-state index contributed by atoms with van der Waals surface area (Å²) >= 11 is 1.19. The van der Waals surface area contributed by atoms with E-state index >= 15 is 0 Å². The van der Waals surface area contributed by atoms with E-state index in [1.807, 2.05) is 19.1 Å². The first-order chi connectivity index (χ1) is 7.04. The van der Waals surface area contributed by atoms with Crippen LogP contribution in [0.5, 0.6) is 0 Å². The fraction of sp³-hybridized carbons (Fsp3) is 0.273. The van der Waals surface area contributed by atoms with Gasteiger partial charge >= 0.3 is 5.97 Å². The number of carboxylic acid groups (broad SMARTS) is 1. The highest BCUT2D eigenvalue weighted by Crippen LogP contribution is 2.27. The van der Waals surface area contributed by atoms with E-state index in [4.69, 9.17) is 10.4 Å². The monoisotopic (exact) mass is 221 g/mol. The van der Waals surface area contributed by atoms with E-state index in [-0.39, 0.29) is 0 Å². The lowest BCUT2D eigenvalue weighted by Crippen LogP contribution is -2.11. The molecule has 78 valence electrons. The van der Waals surface area contributed by atoms with Gasteiger partial charge in [-0.2, -0.15) is 5.26 Å². The molecule has 0 amide bonds. The molecule has 0 radical (unpaired) electrons. The van der Waals surface area contributed by atoms with E-state index in [1.165, 1.54) is 11.8 Å². The maximum absolute atomic E-state index is 10.7. The summed E-state index contributed by atoms with van der Waals surface area (Å²) in [5.41, 5.74) is 1.55. The molecule has 4 heteroatoms. The molecule has 1 aromatic carbocycles. The van der Waals surface area contributed by atoms with E-state index in [0.29, 0.717) is 5.56 Å². The minimum absolute atomic E-state index is 0.527. The topological polar surface area (TPSA) is 61.1 Å². The van der Waals surface area contributed by atoms with Crippen LogP contribution in [0, 0.1) is 18.3 Å². The van der Waals surface area contributed by atoms with Crippen molar-refractivity contribution in [2.24, 2.45) is 0 Å². The predicted octanol–water partition coefficient (Wildman–Crippen LogP) is 2.43. The summed E-state index contributed by atoms with van der Waals surface area (Å²) in [5.74, 6) is -0.870. The van der Waals surface area contributed by atoms with Crippen molar-refractivity contribution in [1.29, 1.82) is 5.26 Å². The summed E-state index contributed by atoms with van der Waals surface area (Å²) in [5, 5.41) is 17.1. The lowest BCUT2D eigenvalue weighted by atomic mass is 10.2. The minimum atomic E-state index is -0.870. The fourth-order valence-corrected chi connectivity index (χ4v) is 2.04. The molecule has 0 bridgehead atoms. The number of nitrogens with zero attached hydrogens (tertiary/aromatic N) is 1. The average Bonchev–Trinajstić information content (AvgIpc) is 2.18. The largest absolute Gasteiger partial charge is 0.480 e. The first kappa shape index (κ1) is 11.6. The van der Waals surface area contributed by atoms with Gasteiger partial charge in [-0.3, -0.25) is 4.79 Å². The molecule has 1 rings (SSSR count). The van der Waals surface area contributed by atoms with Crippen LogP contribution in [0.2, 0.25) is 0 Å². The Morgan fingerprint density at radius 2 is 2.27 bits per heavy atom. The molecule has 1 aromatic rings. The number of hydrogen-bond acceptors (Lipinski definition) is 3. The molecule has 15 heavy (non-hydrogen) atoms. The Kier molecular flexibility index (Phi) is 3.75. The zero-order valence-corrected chi connectivity index (χ0v) is 9.34. The summed E-state index contributed by atoms with van der Waals surface area (Å²) in [6.07, 6.45) is 0. The van der Waals surface area contributed by atoms with Crippen molar-refractivity contribution in [2.75, 3.05) is 0 Å². The van der Waals surface area contributed by atoms with Gasteiger partial charge in [-0.15, -0.1) is 11.8 Å². The predicted molar refractivity (Wildman–Crippen MR) is 58.8 cm³/mol. The van der Waals surface area contributed by atoms with Crippen LogP contribution in [0.25, 0.3) is 0 Å². The van der Waals surface area contributed by atoms with Crippen molar-refractivity contribution in [3.8, 4) is 6.07 Å². The van der Waals surface area contributed by atoms with Crippen LogP contribution in [0.1, 0.15) is 18.1 Å². The molecule has 1 unspecified atom stereocenters. The van der Waals surface area contributed by atoms with Crippen LogP contribution in [-0.2, 0) is 4.79 Å². The fourth-order valence-electron chi connectivity index (χ4n) is 1.06. The maximum atomic E-state index is 10.7. The molecule has 0 saturated heterocycles. The number of hydrogen-bond donors (Lipinski definition) is 1. The summed E-state index contributed by atoms with van der Waals surface area (Å²) in [6, 6.07) is 7.45.